The number of hydrogen-bond donors (Lipinski definition) is 1. The molecule has 41 heavy (non-hydrogen) atoms. The summed E-state index contributed by atoms with van der Waals surface area (Å²) >= 11 is 6.21. The molecule has 3 aromatic carbocycles. The van der Waals surface area contributed by atoms with Crippen molar-refractivity contribution in [3.8, 4) is 0 Å². The molecule has 2 amide bonds. The first-order chi connectivity index (χ1) is 19.5. The van der Waals surface area contributed by atoms with E-state index in [1.807, 2.05) is 6.92 Å². The van der Waals surface area contributed by atoms with E-state index in [2.05, 4.69) is 5.32 Å². The number of hydrogen-bond acceptors (Lipinski definition) is 4. The Labute approximate surface area is 246 Å². The standard InChI is InChI=1S/C31H35ClFN3O4S/c1-22-11-17-29(18-12-22)41(39,40)36(28-10-6-7-25(32)19-28)21-30(37)35(20-24-13-15-26(33)16-14-24)23(2)31(38)34-27-8-4-3-5-9-27/h6-7,10-19,23,27H,3-5,8-9,20-21H2,1-2H3,(H,34,38)/t23-/m1/s1. The van der Waals surface area contributed by atoms with Gasteiger partial charge in [-0.3, -0.25) is 13.9 Å². The summed E-state index contributed by atoms with van der Waals surface area (Å²) in [6.45, 7) is 2.89. The van der Waals surface area contributed by atoms with E-state index in [-0.39, 0.29) is 29.1 Å². The van der Waals surface area contributed by atoms with Gasteiger partial charge < -0.3 is 10.2 Å². The molecule has 1 fully saturated rings. The lowest BCUT2D eigenvalue weighted by Gasteiger charge is -2.33. The molecule has 1 aliphatic carbocycles. The van der Waals surface area contributed by atoms with Crippen molar-refractivity contribution >= 4 is 39.1 Å². The molecular formula is C31H35ClFN3O4S. The number of rotatable bonds is 10. The van der Waals surface area contributed by atoms with E-state index in [1.165, 1.54) is 35.2 Å². The molecule has 1 atom stereocenters. The molecule has 218 valence electrons. The fourth-order valence-corrected chi connectivity index (χ4v) is 6.53. The fourth-order valence-electron chi connectivity index (χ4n) is 4.94. The predicted molar refractivity (Wildman–Crippen MR) is 159 cm³/mol. The fraction of sp³-hybridized carbons (Fsp3) is 0.355. The van der Waals surface area contributed by atoms with Gasteiger partial charge in [-0.1, -0.05) is 66.8 Å². The van der Waals surface area contributed by atoms with E-state index in [0.717, 1.165) is 42.0 Å². The van der Waals surface area contributed by atoms with Gasteiger partial charge in [-0.15, -0.1) is 0 Å². The van der Waals surface area contributed by atoms with Gasteiger partial charge in [0, 0.05) is 17.6 Å². The van der Waals surface area contributed by atoms with Gasteiger partial charge in [0.25, 0.3) is 10.0 Å². The molecule has 0 unspecified atom stereocenters. The Balaban J connectivity index is 1.67. The zero-order valence-corrected chi connectivity index (χ0v) is 24.8. The third kappa shape index (κ3) is 7.86. The molecule has 0 spiro atoms. The Morgan fingerprint density at radius 2 is 1.66 bits per heavy atom. The molecule has 0 saturated heterocycles. The summed E-state index contributed by atoms with van der Waals surface area (Å²) < 4.78 is 42.4. The van der Waals surface area contributed by atoms with Gasteiger partial charge in [0.1, 0.15) is 18.4 Å². The summed E-state index contributed by atoms with van der Waals surface area (Å²) in [5, 5.41) is 3.37. The first-order valence-corrected chi connectivity index (χ1v) is 15.6. The van der Waals surface area contributed by atoms with Crippen LogP contribution in [0.25, 0.3) is 0 Å². The number of amides is 2. The van der Waals surface area contributed by atoms with Crippen molar-refractivity contribution in [3.05, 3.63) is 94.8 Å². The van der Waals surface area contributed by atoms with Crippen LogP contribution in [-0.4, -0.2) is 43.8 Å². The van der Waals surface area contributed by atoms with Gasteiger partial charge in [0.15, 0.2) is 0 Å². The van der Waals surface area contributed by atoms with Crippen LogP contribution in [0.5, 0.6) is 0 Å². The van der Waals surface area contributed by atoms with Gasteiger partial charge in [0.05, 0.1) is 10.6 Å². The summed E-state index contributed by atoms with van der Waals surface area (Å²) in [6, 6.07) is 17.4. The Bertz CT molecular complexity index is 1460. The van der Waals surface area contributed by atoms with Crippen molar-refractivity contribution in [2.75, 3.05) is 10.8 Å². The number of anilines is 1. The van der Waals surface area contributed by atoms with E-state index >= 15 is 0 Å². The molecule has 0 aliphatic heterocycles. The Kier molecular flexibility index (Phi) is 10.0. The summed E-state index contributed by atoms with van der Waals surface area (Å²) in [6.07, 6.45) is 4.95. The average molecular weight is 600 g/mol. The molecule has 7 nitrogen and oxygen atoms in total. The second-order valence-corrected chi connectivity index (χ2v) is 12.8. The topological polar surface area (TPSA) is 86.8 Å². The average Bonchev–Trinajstić information content (AvgIpc) is 2.95. The number of sulfonamides is 1. The highest BCUT2D eigenvalue weighted by atomic mass is 35.5. The van der Waals surface area contributed by atoms with Gasteiger partial charge in [-0.2, -0.15) is 0 Å². The summed E-state index contributed by atoms with van der Waals surface area (Å²) in [5.74, 6) is -1.33. The van der Waals surface area contributed by atoms with Crippen molar-refractivity contribution < 1.29 is 22.4 Å². The Hall–Kier alpha value is -3.43. The molecule has 4 rings (SSSR count). The minimum absolute atomic E-state index is 0.00761. The van der Waals surface area contributed by atoms with Gasteiger partial charge in [0.2, 0.25) is 11.8 Å². The second-order valence-electron chi connectivity index (χ2n) is 10.5. The zero-order chi connectivity index (χ0) is 29.6. The van der Waals surface area contributed by atoms with Crippen molar-refractivity contribution in [2.45, 2.75) is 69.5 Å². The monoisotopic (exact) mass is 599 g/mol. The number of carbonyl (C=O) groups is 2. The van der Waals surface area contributed by atoms with E-state index < -0.39 is 34.3 Å². The van der Waals surface area contributed by atoms with Crippen LogP contribution in [0.1, 0.15) is 50.2 Å². The van der Waals surface area contributed by atoms with E-state index in [0.29, 0.717) is 10.6 Å². The minimum atomic E-state index is -4.19. The first-order valence-electron chi connectivity index (χ1n) is 13.7. The lowest BCUT2D eigenvalue weighted by atomic mass is 9.95. The van der Waals surface area contributed by atoms with E-state index in [1.54, 1.807) is 49.4 Å². The second kappa shape index (κ2) is 13.5. The number of nitrogens with zero attached hydrogens (tertiary/aromatic N) is 2. The molecule has 1 saturated carbocycles. The molecule has 3 aromatic rings. The van der Waals surface area contributed by atoms with Crippen molar-refractivity contribution in [3.63, 3.8) is 0 Å². The van der Waals surface area contributed by atoms with Crippen LogP contribution in [0.15, 0.2) is 77.7 Å². The predicted octanol–water partition coefficient (Wildman–Crippen LogP) is 5.85. The lowest BCUT2D eigenvalue weighted by molar-refractivity contribution is -0.139. The smallest absolute Gasteiger partial charge is 0.264 e. The van der Waals surface area contributed by atoms with E-state index in [4.69, 9.17) is 11.6 Å². The van der Waals surface area contributed by atoms with Gasteiger partial charge in [-0.25, -0.2) is 12.8 Å². The molecule has 0 heterocycles. The molecule has 1 N–H and O–H groups in total. The van der Waals surface area contributed by atoms with Crippen molar-refractivity contribution in [1.29, 1.82) is 0 Å². The molecule has 0 aromatic heterocycles. The molecule has 1 aliphatic rings. The minimum Gasteiger partial charge on any atom is -0.352 e. The Morgan fingerprint density at radius 1 is 1.00 bits per heavy atom. The van der Waals surface area contributed by atoms with Crippen LogP contribution >= 0.6 is 11.6 Å². The highest BCUT2D eigenvalue weighted by Crippen LogP contribution is 2.27. The molecule has 0 radical (unpaired) electrons. The van der Waals surface area contributed by atoms with Crippen molar-refractivity contribution in [2.24, 2.45) is 0 Å². The van der Waals surface area contributed by atoms with Crippen molar-refractivity contribution in [1.82, 2.24) is 10.2 Å². The summed E-state index contributed by atoms with van der Waals surface area (Å²) in [5.41, 5.74) is 1.71. The highest BCUT2D eigenvalue weighted by Gasteiger charge is 2.33. The Morgan fingerprint density at radius 3 is 2.29 bits per heavy atom. The third-order valence-electron chi connectivity index (χ3n) is 7.37. The number of nitrogens with one attached hydrogen (secondary N) is 1. The SMILES string of the molecule is Cc1ccc(S(=O)(=O)N(CC(=O)N(Cc2ccc(F)cc2)[C@H](C)C(=O)NC2CCCCC2)c2cccc(Cl)c2)cc1. The van der Waals surface area contributed by atoms with Crippen LogP contribution in [0.4, 0.5) is 10.1 Å². The molecule has 0 bridgehead atoms. The maximum Gasteiger partial charge on any atom is 0.264 e. The van der Waals surface area contributed by atoms with E-state index in [9.17, 15) is 22.4 Å². The third-order valence-corrected chi connectivity index (χ3v) is 9.39. The number of aryl methyl sites for hydroxylation is 1. The number of benzene rings is 3. The quantitative estimate of drug-likeness (QED) is 0.317. The lowest BCUT2D eigenvalue weighted by Crippen LogP contribution is -2.53. The number of halogens is 2. The molecular weight excluding hydrogens is 565 g/mol. The first kappa shape index (κ1) is 30.5. The molecule has 10 heteroatoms. The van der Waals surface area contributed by atoms with Crippen LogP contribution in [0.2, 0.25) is 5.02 Å². The van der Waals surface area contributed by atoms with Crippen LogP contribution in [0, 0.1) is 12.7 Å². The summed E-state index contributed by atoms with van der Waals surface area (Å²) in [7, 11) is -4.19. The van der Waals surface area contributed by atoms with Crippen LogP contribution < -0.4 is 9.62 Å². The number of carbonyl (C=O) groups excluding carboxylic acids is 2. The maximum atomic E-state index is 14.0. The maximum absolute atomic E-state index is 14.0. The normalized spacial score (nSPS) is 14.7. The zero-order valence-electron chi connectivity index (χ0n) is 23.2. The highest BCUT2D eigenvalue weighted by molar-refractivity contribution is 7.92. The summed E-state index contributed by atoms with van der Waals surface area (Å²) in [4.78, 5) is 28.7. The van der Waals surface area contributed by atoms with Crippen LogP contribution in [0.3, 0.4) is 0 Å². The van der Waals surface area contributed by atoms with Crippen LogP contribution in [-0.2, 0) is 26.2 Å². The van der Waals surface area contributed by atoms with Gasteiger partial charge >= 0.3 is 0 Å². The van der Waals surface area contributed by atoms with Gasteiger partial charge in [-0.05, 0) is 74.7 Å². The largest absolute Gasteiger partial charge is 0.352 e.